The standard InChI is InChI=1S/C18H20BrCl/c1-13-7-8-15(9-14(13)2)10-16(12-19)11-17-5-3-4-6-18(17)20/h3-9,16H,10-12H2,1-2H3. The molecule has 0 saturated carbocycles. The van der Waals surface area contributed by atoms with E-state index < -0.39 is 0 Å². The fourth-order valence-corrected chi connectivity index (χ4v) is 3.09. The van der Waals surface area contributed by atoms with Gasteiger partial charge < -0.3 is 0 Å². The molecule has 2 aromatic rings. The van der Waals surface area contributed by atoms with Gasteiger partial charge in [0.25, 0.3) is 0 Å². The number of alkyl halides is 1. The maximum absolute atomic E-state index is 6.26. The Morgan fingerprint density at radius 1 is 1.00 bits per heavy atom. The monoisotopic (exact) mass is 350 g/mol. The van der Waals surface area contributed by atoms with Gasteiger partial charge in [-0.3, -0.25) is 0 Å². The number of hydrogen-bond donors (Lipinski definition) is 0. The van der Waals surface area contributed by atoms with E-state index in [4.69, 9.17) is 11.6 Å². The van der Waals surface area contributed by atoms with Crippen LogP contribution in [0.2, 0.25) is 5.02 Å². The molecule has 0 nitrogen and oxygen atoms in total. The van der Waals surface area contributed by atoms with Crippen LogP contribution in [0.15, 0.2) is 42.5 Å². The molecule has 0 radical (unpaired) electrons. The van der Waals surface area contributed by atoms with Crippen molar-refractivity contribution in [3.8, 4) is 0 Å². The second-order valence-corrected chi connectivity index (χ2v) is 6.49. The molecular formula is C18H20BrCl. The van der Waals surface area contributed by atoms with Crippen molar-refractivity contribution in [2.75, 3.05) is 5.33 Å². The molecule has 0 fully saturated rings. The molecule has 1 unspecified atom stereocenters. The summed E-state index contributed by atoms with van der Waals surface area (Å²) in [6, 6.07) is 14.9. The molecule has 2 rings (SSSR count). The number of rotatable bonds is 5. The number of hydrogen-bond acceptors (Lipinski definition) is 0. The van der Waals surface area contributed by atoms with Gasteiger partial charge in [-0.25, -0.2) is 0 Å². The topological polar surface area (TPSA) is 0 Å². The van der Waals surface area contributed by atoms with Gasteiger partial charge in [0.1, 0.15) is 0 Å². The molecule has 0 bridgehead atoms. The zero-order valence-electron chi connectivity index (χ0n) is 12.0. The lowest BCUT2D eigenvalue weighted by Crippen LogP contribution is -2.10. The van der Waals surface area contributed by atoms with Crippen molar-refractivity contribution in [1.29, 1.82) is 0 Å². The normalized spacial score (nSPS) is 12.4. The summed E-state index contributed by atoms with van der Waals surface area (Å²) in [5.74, 6) is 0.567. The molecular weight excluding hydrogens is 332 g/mol. The third kappa shape index (κ3) is 4.10. The van der Waals surface area contributed by atoms with Gasteiger partial charge >= 0.3 is 0 Å². The molecule has 0 aliphatic heterocycles. The molecule has 2 aromatic carbocycles. The number of aryl methyl sites for hydroxylation is 2. The predicted octanol–water partition coefficient (Wildman–Crippen LogP) is 5.75. The quantitative estimate of drug-likeness (QED) is 0.601. The molecule has 106 valence electrons. The second kappa shape index (κ2) is 7.28. The van der Waals surface area contributed by atoms with Crippen molar-refractivity contribution >= 4 is 27.5 Å². The Morgan fingerprint density at radius 3 is 2.40 bits per heavy atom. The van der Waals surface area contributed by atoms with Gasteiger partial charge in [0.15, 0.2) is 0 Å². The van der Waals surface area contributed by atoms with E-state index in [0.717, 1.165) is 23.2 Å². The van der Waals surface area contributed by atoms with E-state index in [1.165, 1.54) is 22.3 Å². The first-order valence-electron chi connectivity index (χ1n) is 6.95. The highest BCUT2D eigenvalue weighted by Gasteiger charge is 2.12. The van der Waals surface area contributed by atoms with Gasteiger partial charge in [-0.1, -0.05) is 63.9 Å². The average molecular weight is 352 g/mol. The summed E-state index contributed by atoms with van der Waals surface area (Å²) in [6.45, 7) is 4.33. The molecule has 0 aromatic heterocycles. The van der Waals surface area contributed by atoms with Crippen molar-refractivity contribution < 1.29 is 0 Å². The van der Waals surface area contributed by atoms with E-state index in [2.05, 4.69) is 60.1 Å². The van der Waals surface area contributed by atoms with Crippen molar-refractivity contribution in [2.45, 2.75) is 26.7 Å². The number of halogens is 2. The first-order chi connectivity index (χ1) is 9.60. The lowest BCUT2D eigenvalue weighted by molar-refractivity contribution is 0.591. The van der Waals surface area contributed by atoms with Crippen LogP contribution in [0, 0.1) is 19.8 Å². The Hall–Kier alpha value is -0.790. The number of benzene rings is 2. The second-order valence-electron chi connectivity index (χ2n) is 5.44. The van der Waals surface area contributed by atoms with Crippen LogP contribution in [0.5, 0.6) is 0 Å². The van der Waals surface area contributed by atoms with Gasteiger partial charge in [0.05, 0.1) is 0 Å². The molecule has 0 N–H and O–H groups in total. The molecule has 20 heavy (non-hydrogen) atoms. The first kappa shape index (κ1) is 15.6. The molecule has 0 amide bonds. The molecule has 0 saturated heterocycles. The highest BCUT2D eigenvalue weighted by Crippen LogP contribution is 2.23. The van der Waals surface area contributed by atoms with Crippen LogP contribution in [-0.2, 0) is 12.8 Å². The summed E-state index contributed by atoms with van der Waals surface area (Å²) in [7, 11) is 0. The van der Waals surface area contributed by atoms with E-state index in [1.54, 1.807) is 0 Å². The molecule has 2 heteroatoms. The molecule has 1 atom stereocenters. The van der Waals surface area contributed by atoms with E-state index in [0.29, 0.717) is 5.92 Å². The van der Waals surface area contributed by atoms with E-state index in [1.807, 2.05) is 12.1 Å². The lowest BCUT2D eigenvalue weighted by atomic mass is 9.93. The van der Waals surface area contributed by atoms with Crippen molar-refractivity contribution in [3.63, 3.8) is 0 Å². The van der Waals surface area contributed by atoms with Gasteiger partial charge in [0.2, 0.25) is 0 Å². The van der Waals surface area contributed by atoms with Gasteiger partial charge in [-0.2, -0.15) is 0 Å². The van der Waals surface area contributed by atoms with Crippen molar-refractivity contribution in [2.24, 2.45) is 5.92 Å². The first-order valence-corrected chi connectivity index (χ1v) is 8.45. The van der Waals surface area contributed by atoms with Gasteiger partial charge in [-0.05, 0) is 60.9 Å². The minimum absolute atomic E-state index is 0.567. The van der Waals surface area contributed by atoms with Gasteiger partial charge in [-0.15, -0.1) is 0 Å². The highest BCUT2D eigenvalue weighted by atomic mass is 79.9. The van der Waals surface area contributed by atoms with Gasteiger partial charge in [0, 0.05) is 10.4 Å². The van der Waals surface area contributed by atoms with Crippen LogP contribution >= 0.6 is 27.5 Å². The summed E-state index contributed by atoms with van der Waals surface area (Å²) in [5, 5.41) is 1.86. The summed E-state index contributed by atoms with van der Waals surface area (Å²) >= 11 is 9.90. The lowest BCUT2D eigenvalue weighted by Gasteiger charge is -2.16. The van der Waals surface area contributed by atoms with Crippen LogP contribution in [0.4, 0.5) is 0 Å². The fourth-order valence-electron chi connectivity index (χ4n) is 2.42. The van der Waals surface area contributed by atoms with Crippen molar-refractivity contribution in [3.05, 3.63) is 69.7 Å². The van der Waals surface area contributed by atoms with Crippen molar-refractivity contribution in [1.82, 2.24) is 0 Å². The smallest absolute Gasteiger partial charge is 0.0438 e. The summed E-state index contributed by atoms with van der Waals surface area (Å²) in [6.07, 6.45) is 2.09. The zero-order valence-corrected chi connectivity index (χ0v) is 14.3. The largest absolute Gasteiger partial charge is 0.0925 e. The third-order valence-corrected chi connectivity index (χ3v) is 5.06. The predicted molar refractivity (Wildman–Crippen MR) is 92.1 cm³/mol. The molecule has 0 aliphatic carbocycles. The summed E-state index contributed by atoms with van der Waals surface area (Å²) < 4.78 is 0. The maximum atomic E-state index is 6.26. The SMILES string of the molecule is Cc1ccc(CC(CBr)Cc2ccccc2Cl)cc1C. The third-order valence-electron chi connectivity index (χ3n) is 3.78. The minimum Gasteiger partial charge on any atom is -0.0925 e. The van der Waals surface area contributed by atoms with Crippen LogP contribution in [0.3, 0.4) is 0 Å². The van der Waals surface area contributed by atoms with E-state index in [9.17, 15) is 0 Å². The van der Waals surface area contributed by atoms with E-state index in [-0.39, 0.29) is 0 Å². The fraction of sp³-hybridized carbons (Fsp3) is 0.333. The van der Waals surface area contributed by atoms with E-state index >= 15 is 0 Å². The molecule has 0 aliphatic rings. The minimum atomic E-state index is 0.567. The Morgan fingerprint density at radius 2 is 1.75 bits per heavy atom. The summed E-state index contributed by atoms with van der Waals surface area (Å²) in [4.78, 5) is 0. The molecule has 0 heterocycles. The highest BCUT2D eigenvalue weighted by molar-refractivity contribution is 9.09. The maximum Gasteiger partial charge on any atom is 0.0438 e. The zero-order chi connectivity index (χ0) is 14.5. The van der Waals surface area contributed by atoms with Crippen LogP contribution in [0.1, 0.15) is 22.3 Å². The van der Waals surface area contributed by atoms with Crippen LogP contribution < -0.4 is 0 Å². The average Bonchev–Trinajstić information content (AvgIpc) is 2.44. The van der Waals surface area contributed by atoms with Crippen LogP contribution in [0.25, 0.3) is 0 Å². The molecule has 0 spiro atoms. The Labute approximate surface area is 135 Å². The van der Waals surface area contributed by atoms with Crippen LogP contribution in [-0.4, -0.2) is 5.33 Å². The Bertz CT molecular complexity index is 577. The Kier molecular flexibility index (Phi) is 5.68. The Balaban J connectivity index is 2.09. The summed E-state index contributed by atoms with van der Waals surface area (Å²) in [5.41, 5.74) is 5.37.